The average Bonchev–Trinajstić information content (AvgIpc) is 3.03. The second kappa shape index (κ2) is 11.1. The number of nitrogens with zero attached hydrogens (tertiary/aromatic N) is 6. The molecule has 2 atom stereocenters. The summed E-state index contributed by atoms with van der Waals surface area (Å²) in [7, 11) is 1.66. The molecule has 1 saturated heterocycles. The molecule has 1 amide bonds. The Bertz CT molecular complexity index is 1230. The molecule has 0 spiro atoms. The van der Waals surface area contributed by atoms with Gasteiger partial charge in [0.25, 0.3) is 0 Å². The number of amidine groups is 1. The van der Waals surface area contributed by atoms with Crippen LogP contribution in [0.2, 0.25) is 0 Å². The van der Waals surface area contributed by atoms with Gasteiger partial charge in [0, 0.05) is 50.2 Å². The van der Waals surface area contributed by atoms with E-state index < -0.39 is 11.8 Å². The minimum Gasteiger partial charge on any atom is -0.444 e. The molecule has 0 radical (unpaired) electrons. The van der Waals surface area contributed by atoms with Gasteiger partial charge in [-0.15, -0.1) is 11.3 Å². The lowest BCUT2D eigenvalue weighted by Crippen LogP contribution is -2.42. The van der Waals surface area contributed by atoms with Crippen LogP contribution < -0.4 is 10.6 Å². The fourth-order valence-corrected chi connectivity index (χ4v) is 6.10. The fourth-order valence-electron chi connectivity index (χ4n) is 4.97. The molecule has 1 aliphatic carbocycles. The van der Waals surface area contributed by atoms with Crippen LogP contribution in [0, 0.1) is 16.7 Å². The molecule has 2 aromatic heterocycles. The number of carbonyl (C=O) groups excluding carboxylic acids is 1. The van der Waals surface area contributed by atoms with Gasteiger partial charge in [-0.2, -0.15) is 5.26 Å². The first-order chi connectivity index (χ1) is 18.0. The molecular weight excluding hydrogens is 504 g/mol. The molecule has 3 heterocycles. The van der Waals surface area contributed by atoms with E-state index in [1.807, 2.05) is 25.7 Å². The maximum absolute atomic E-state index is 12.5. The van der Waals surface area contributed by atoms with Gasteiger partial charge in [0.05, 0.1) is 5.56 Å². The van der Waals surface area contributed by atoms with Crippen molar-refractivity contribution in [2.45, 2.75) is 64.2 Å². The number of nitrogen functional groups attached to an aromatic ring is 1. The molecule has 1 fully saturated rings. The molecular formula is C26H36N8O3S. The fraction of sp³-hybridized carbons (Fsp3) is 0.577. The van der Waals surface area contributed by atoms with Crippen molar-refractivity contribution < 1.29 is 14.6 Å². The number of amides is 1. The Balaban J connectivity index is 1.46. The molecule has 4 N–H and O–H groups in total. The number of hydrogen-bond donors (Lipinski definition) is 3. The molecule has 2 aliphatic rings. The van der Waals surface area contributed by atoms with Crippen molar-refractivity contribution in [2.24, 2.45) is 0 Å². The van der Waals surface area contributed by atoms with Crippen LogP contribution in [0.25, 0.3) is 0 Å². The number of aliphatic hydroxyl groups is 1. The summed E-state index contributed by atoms with van der Waals surface area (Å²) < 4.78 is 5.52. The summed E-state index contributed by atoms with van der Waals surface area (Å²) in [5.74, 6) is 0.205. The van der Waals surface area contributed by atoms with Gasteiger partial charge in [-0.1, -0.05) is 0 Å². The molecule has 204 valence electrons. The highest BCUT2D eigenvalue weighted by molar-refractivity contribution is 7.16. The van der Waals surface area contributed by atoms with Crippen LogP contribution in [0.4, 0.5) is 15.7 Å². The van der Waals surface area contributed by atoms with Crippen LogP contribution in [-0.2, 0) is 11.2 Å². The number of hydrogen-bond acceptors (Lipinski definition) is 10. The predicted octanol–water partition coefficient (Wildman–Crippen LogP) is 3.13. The lowest BCUT2D eigenvalue weighted by Gasteiger charge is -2.34. The predicted molar refractivity (Wildman–Crippen MR) is 146 cm³/mol. The Labute approximate surface area is 227 Å². The number of thiophene rings is 1. The highest BCUT2D eigenvalue weighted by atomic mass is 32.1. The summed E-state index contributed by atoms with van der Waals surface area (Å²) in [6.45, 7) is 7.81. The zero-order valence-corrected chi connectivity index (χ0v) is 23.2. The highest BCUT2D eigenvalue weighted by Gasteiger charge is 2.35. The third kappa shape index (κ3) is 5.84. The molecule has 0 bridgehead atoms. The van der Waals surface area contributed by atoms with E-state index in [2.05, 4.69) is 16.0 Å². The van der Waals surface area contributed by atoms with Crippen LogP contribution >= 0.6 is 11.3 Å². The van der Waals surface area contributed by atoms with E-state index in [0.29, 0.717) is 54.8 Å². The Kier molecular flexibility index (Phi) is 8.08. The van der Waals surface area contributed by atoms with Gasteiger partial charge in [0.1, 0.15) is 34.4 Å². The number of ether oxygens (including phenoxy) is 1. The summed E-state index contributed by atoms with van der Waals surface area (Å²) in [6.07, 6.45) is 3.42. The lowest BCUT2D eigenvalue weighted by atomic mass is 9.83. The topological polar surface area (TPSA) is 156 Å². The lowest BCUT2D eigenvalue weighted by molar-refractivity contribution is 0.0263. The number of nitrogens with two attached hydrogens (primary N) is 1. The van der Waals surface area contributed by atoms with E-state index in [1.54, 1.807) is 24.2 Å². The molecule has 0 aromatic carbocycles. The molecule has 4 rings (SSSR count). The number of rotatable bonds is 4. The minimum atomic E-state index is -1.01. The number of aliphatic hydroxyl groups excluding tert-OH is 1. The second-order valence-electron chi connectivity index (χ2n) is 10.7. The van der Waals surface area contributed by atoms with Gasteiger partial charge < -0.3 is 30.3 Å². The third-order valence-electron chi connectivity index (χ3n) is 6.88. The number of carbonyl (C=O) groups is 1. The van der Waals surface area contributed by atoms with Crippen LogP contribution in [0.15, 0.2) is 12.3 Å². The zero-order chi connectivity index (χ0) is 27.6. The van der Waals surface area contributed by atoms with Crippen LogP contribution in [-0.4, -0.2) is 81.9 Å². The molecule has 11 nitrogen and oxygen atoms in total. The van der Waals surface area contributed by atoms with Crippen LogP contribution in [0.3, 0.4) is 0 Å². The normalized spacial score (nSPS) is 18.7. The summed E-state index contributed by atoms with van der Waals surface area (Å²) in [5, 5.41) is 30.2. The maximum atomic E-state index is 12.5. The van der Waals surface area contributed by atoms with Crippen LogP contribution in [0.5, 0.6) is 0 Å². The number of aryl methyl sites for hydroxylation is 1. The monoisotopic (exact) mass is 540 g/mol. The molecule has 0 saturated carbocycles. The van der Waals surface area contributed by atoms with Crippen molar-refractivity contribution in [3.63, 3.8) is 0 Å². The van der Waals surface area contributed by atoms with E-state index in [9.17, 15) is 15.2 Å². The average molecular weight is 541 g/mol. The second-order valence-corrected chi connectivity index (χ2v) is 11.8. The van der Waals surface area contributed by atoms with Gasteiger partial charge in [0.15, 0.2) is 0 Å². The van der Waals surface area contributed by atoms with E-state index in [1.165, 1.54) is 16.2 Å². The largest absolute Gasteiger partial charge is 0.444 e. The van der Waals surface area contributed by atoms with Crippen molar-refractivity contribution in [2.75, 3.05) is 43.9 Å². The van der Waals surface area contributed by atoms with E-state index in [0.717, 1.165) is 29.7 Å². The number of fused-ring (bicyclic) bond motifs is 1. The smallest absolute Gasteiger partial charge is 0.410 e. The Morgan fingerprint density at radius 1 is 1.34 bits per heavy atom. The van der Waals surface area contributed by atoms with Gasteiger partial charge in [-0.25, -0.2) is 14.8 Å². The summed E-state index contributed by atoms with van der Waals surface area (Å²) >= 11 is 1.42. The third-order valence-corrected chi connectivity index (χ3v) is 7.97. The Morgan fingerprint density at radius 2 is 2.11 bits per heavy atom. The summed E-state index contributed by atoms with van der Waals surface area (Å²) in [6, 6.07) is 3.85. The Morgan fingerprint density at radius 3 is 2.82 bits per heavy atom. The van der Waals surface area contributed by atoms with Crippen molar-refractivity contribution in [1.29, 1.82) is 10.7 Å². The molecule has 38 heavy (non-hydrogen) atoms. The summed E-state index contributed by atoms with van der Waals surface area (Å²) in [5.41, 5.74) is 7.17. The van der Waals surface area contributed by atoms with Crippen LogP contribution in [0.1, 0.15) is 67.6 Å². The first-order valence-corrected chi connectivity index (χ1v) is 13.7. The molecule has 2 unspecified atom stereocenters. The quantitative estimate of drug-likeness (QED) is 0.301. The first-order valence-electron chi connectivity index (χ1n) is 12.9. The van der Waals surface area contributed by atoms with Gasteiger partial charge in [0.2, 0.25) is 5.95 Å². The van der Waals surface area contributed by atoms with Crippen molar-refractivity contribution in [3.05, 3.63) is 34.0 Å². The van der Waals surface area contributed by atoms with Gasteiger partial charge in [-0.05, 0) is 58.1 Å². The number of nitriles is 1. The van der Waals surface area contributed by atoms with E-state index >= 15 is 0 Å². The van der Waals surface area contributed by atoms with Crippen molar-refractivity contribution in [3.8, 4) is 6.07 Å². The Hall–Kier alpha value is -3.43. The zero-order valence-electron chi connectivity index (χ0n) is 22.4. The number of anilines is 2. The van der Waals surface area contributed by atoms with Crippen molar-refractivity contribution >= 4 is 34.2 Å². The minimum absolute atomic E-state index is 0.0557. The molecule has 1 aliphatic heterocycles. The standard InChI is InChI=1S/C26H36N8O3S/c1-26(2,3)37-25(36)34-12-6-11-33(13-14-34)24-30-10-9-18(31-24)21(28)32(4)23(35)16-7-5-8-19-20(16)17(15-27)22(29)38-19/h9-10,16,23,28,35H,5-8,11-14,29H2,1-4H3. The van der Waals surface area contributed by atoms with Crippen molar-refractivity contribution in [1.82, 2.24) is 19.8 Å². The number of nitrogens with one attached hydrogen (secondary N) is 1. The summed E-state index contributed by atoms with van der Waals surface area (Å²) in [4.78, 5) is 27.8. The SMILES string of the molecule is CN(C(=N)c1ccnc(N2CCCN(C(=O)OC(C)(C)C)CC2)n1)C(O)C1CCCc2sc(N)c(C#N)c21. The number of aromatic nitrogens is 2. The van der Waals surface area contributed by atoms with E-state index in [-0.39, 0.29) is 17.8 Å². The maximum Gasteiger partial charge on any atom is 0.410 e. The highest BCUT2D eigenvalue weighted by Crippen LogP contribution is 2.43. The first kappa shape index (κ1) is 27.6. The van der Waals surface area contributed by atoms with E-state index in [4.69, 9.17) is 15.9 Å². The molecule has 12 heteroatoms. The molecule has 2 aromatic rings. The number of likely N-dealkylation sites (N-methyl/N-ethyl adjacent to an activating group) is 1. The van der Waals surface area contributed by atoms with Gasteiger partial charge in [-0.3, -0.25) is 5.41 Å². The van der Waals surface area contributed by atoms with Gasteiger partial charge >= 0.3 is 6.09 Å².